The summed E-state index contributed by atoms with van der Waals surface area (Å²) in [5.41, 5.74) is 1.92. The first-order valence-electron chi connectivity index (χ1n) is 7.32. The molecule has 0 saturated heterocycles. The maximum Gasteiger partial charge on any atom is 0.242 e. The van der Waals surface area contributed by atoms with Crippen LogP contribution in [0.2, 0.25) is 0 Å². The van der Waals surface area contributed by atoms with Gasteiger partial charge in [-0.25, -0.2) is 9.67 Å². The number of likely N-dealkylation sites (N-methyl/N-ethyl adjacent to an activating group) is 2. The van der Waals surface area contributed by atoms with E-state index in [0.717, 1.165) is 11.3 Å². The van der Waals surface area contributed by atoms with Crippen LogP contribution in [0.4, 0.5) is 0 Å². The SMILES string of the molecule is CC(=O)N(C)CC(=O)N(C)[C@@H](C)c1ccc(-n2cncn2)cc1. The molecule has 0 aliphatic rings. The number of aromatic nitrogens is 3. The van der Waals surface area contributed by atoms with Gasteiger partial charge in [0.15, 0.2) is 0 Å². The van der Waals surface area contributed by atoms with Crippen LogP contribution in [0.5, 0.6) is 0 Å². The molecular formula is C16H21N5O2. The summed E-state index contributed by atoms with van der Waals surface area (Å²) in [6, 6.07) is 7.69. The molecule has 7 heteroatoms. The first-order chi connectivity index (χ1) is 10.9. The second-order valence-corrected chi connectivity index (χ2v) is 5.49. The van der Waals surface area contributed by atoms with Crippen molar-refractivity contribution < 1.29 is 9.59 Å². The van der Waals surface area contributed by atoms with Gasteiger partial charge < -0.3 is 9.80 Å². The van der Waals surface area contributed by atoms with Crippen molar-refractivity contribution in [2.75, 3.05) is 20.6 Å². The largest absolute Gasteiger partial charge is 0.337 e. The van der Waals surface area contributed by atoms with Crippen LogP contribution in [-0.2, 0) is 9.59 Å². The number of carbonyl (C=O) groups excluding carboxylic acids is 2. The molecule has 7 nitrogen and oxygen atoms in total. The number of benzene rings is 1. The quantitative estimate of drug-likeness (QED) is 0.833. The zero-order valence-corrected chi connectivity index (χ0v) is 13.8. The lowest BCUT2D eigenvalue weighted by molar-refractivity contribution is -0.138. The fraction of sp³-hybridized carbons (Fsp3) is 0.375. The standard InChI is InChI=1S/C16H21N5O2/c1-12(20(4)16(23)9-19(3)13(2)22)14-5-7-15(8-6-14)21-11-17-10-18-21/h5-8,10-12H,9H2,1-4H3/t12-/m0/s1. The average molecular weight is 315 g/mol. The maximum absolute atomic E-state index is 12.2. The molecule has 1 aromatic heterocycles. The molecular weight excluding hydrogens is 294 g/mol. The molecule has 0 aliphatic carbocycles. The minimum atomic E-state index is -0.128. The van der Waals surface area contributed by atoms with Gasteiger partial charge in [0.05, 0.1) is 18.3 Å². The molecule has 23 heavy (non-hydrogen) atoms. The minimum Gasteiger partial charge on any atom is -0.337 e. The van der Waals surface area contributed by atoms with E-state index in [1.165, 1.54) is 18.2 Å². The number of nitrogens with zero attached hydrogens (tertiary/aromatic N) is 5. The normalized spacial score (nSPS) is 11.8. The van der Waals surface area contributed by atoms with Gasteiger partial charge in [0.2, 0.25) is 11.8 Å². The summed E-state index contributed by atoms with van der Waals surface area (Å²) in [6.07, 6.45) is 3.11. The lowest BCUT2D eigenvalue weighted by Gasteiger charge is -2.27. The van der Waals surface area contributed by atoms with E-state index in [0.29, 0.717) is 0 Å². The van der Waals surface area contributed by atoms with Crippen LogP contribution >= 0.6 is 0 Å². The van der Waals surface area contributed by atoms with Crippen LogP contribution < -0.4 is 0 Å². The van der Waals surface area contributed by atoms with Crippen LogP contribution in [0.25, 0.3) is 5.69 Å². The molecule has 0 saturated carbocycles. The third kappa shape index (κ3) is 3.94. The Hall–Kier alpha value is -2.70. The van der Waals surface area contributed by atoms with Crippen LogP contribution in [0.1, 0.15) is 25.5 Å². The Labute approximate surface area is 135 Å². The Balaban J connectivity index is 2.05. The number of carbonyl (C=O) groups is 2. The first kappa shape index (κ1) is 16.7. The van der Waals surface area contributed by atoms with E-state index in [4.69, 9.17) is 0 Å². The predicted octanol–water partition coefficient (Wildman–Crippen LogP) is 1.26. The van der Waals surface area contributed by atoms with E-state index in [2.05, 4.69) is 10.1 Å². The summed E-state index contributed by atoms with van der Waals surface area (Å²) in [5, 5.41) is 4.08. The zero-order valence-electron chi connectivity index (χ0n) is 13.8. The highest BCUT2D eigenvalue weighted by molar-refractivity contribution is 5.83. The van der Waals surface area contributed by atoms with E-state index in [1.54, 1.807) is 30.0 Å². The summed E-state index contributed by atoms with van der Waals surface area (Å²) < 4.78 is 1.67. The number of rotatable bonds is 5. The molecule has 122 valence electrons. The van der Waals surface area contributed by atoms with Crippen LogP contribution in [0.15, 0.2) is 36.9 Å². The van der Waals surface area contributed by atoms with E-state index < -0.39 is 0 Å². The van der Waals surface area contributed by atoms with Gasteiger partial charge in [-0.2, -0.15) is 5.10 Å². The topological polar surface area (TPSA) is 71.3 Å². The molecule has 0 aliphatic heterocycles. The Kier molecular flexibility index (Phi) is 5.10. The molecule has 2 amide bonds. The Morgan fingerprint density at radius 3 is 2.39 bits per heavy atom. The molecule has 2 aromatic rings. The molecule has 0 radical (unpaired) electrons. The van der Waals surface area contributed by atoms with Gasteiger partial charge >= 0.3 is 0 Å². The molecule has 0 unspecified atom stereocenters. The third-order valence-electron chi connectivity index (χ3n) is 3.94. The lowest BCUT2D eigenvalue weighted by atomic mass is 10.1. The van der Waals surface area contributed by atoms with Crippen molar-refractivity contribution in [3.8, 4) is 5.69 Å². The summed E-state index contributed by atoms with van der Waals surface area (Å²) in [7, 11) is 3.36. The van der Waals surface area contributed by atoms with E-state index in [1.807, 2.05) is 31.2 Å². The molecule has 0 fully saturated rings. The van der Waals surface area contributed by atoms with Gasteiger partial charge in [-0.1, -0.05) is 12.1 Å². The second kappa shape index (κ2) is 7.04. The highest BCUT2D eigenvalue weighted by Gasteiger charge is 2.19. The molecule has 2 rings (SSSR count). The molecule has 0 spiro atoms. The van der Waals surface area contributed by atoms with Crippen molar-refractivity contribution in [2.24, 2.45) is 0 Å². The number of amides is 2. The van der Waals surface area contributed by atoms with Crippen LogP contribution in [-0.4, -0.2) is 57.0 Å². The highest BCUT2D eigenvalue weighted by Crippen LogP contribution is 2.20. The Bertz CT molecular complexity index is 666. The predicted molar refractivity (Wildman–Crippen MR) is 85.9 cm³/mol. The fourth-order valence-corrected chi connectivity index (χ4v) is 2.11. The monoisotopic (exact) mass is 315 g/mol. The van der Waals surface area contributed by atoms with Crippen molar-refractivity contribution in [3.05, 3.63) is 42.5 Å². The Morgan fingerprint density at radius 1 is 1.22 bits per heavy atom. The lowest BCUT2D eigenvalue weighted by Crippen LogP contribution is -2.39. The first-order valence-corrected chi connectivity index (χ1v) is 7.32. The fourth-order valence-electron chi connectivity index (χ4n) is 2.11. The molecule has 0 N–H and O–H groups in total. The van der Waals surface area contributed by atoms with Gasteiger partial charge in [0.25, 0.3) is 0 Å². The summed E-state index contributed by atoms with van der Waals surface area (Å²) in [4.78, 5) is 30.4. The summed E-state index contributed by atoms with van der Waals surface area (Å²) in [6.45, 7) is 3.48. The van der Waals surface area contributed by atoms with Crippen LogP contribution in [0, 0.1) is 0 Å². The van der Waals surface area contributed by atoms with Crippen molar-refractivity contribution in [1.29, 1.82) is 0 Å². The second-order valence-electron chi connectivity index (χ2n) is 5.49. The molecule has 1 heterocycles. The number of hydrogen-bond acceptors (Lipinski definition) is 4. The van der Waals surface area contributed by atoms with Crippen LogP contribution in [0.3, 0.4) is 0 Å². The third-order valence-corrected chi connectivity index (χ3v) is 3.94. The molecule has 1 atom stereocenters. The number of hydrogen-bond donors (Lipinski definition) is 0. The highest BCUT2D eigenvalue weighted by atomic mass is 16.2. The maximum atomic E-state index is 12.2. The van der Waals surface area contributed by atoms with Crippen molar-refractivity contribution in [3.63, 3.8) is 0 Å². The van der Waals surface area contributed by atoms with Gasteiger partial charge in [-0.05, 0) is 24.6 Å². The van der Waals surface area contributed by atoms with Gasteiger partial charge in [-0.3, -0.25) is 9.59 Å². The Morgan fingerprint density at radius 2 is 1.87 bits per heavy atom. The zero-order chi connectivity index (χ0) is 17.0. The summed E-state index contributed by atoms with van der Waals surface area (Å²) in [5.74, 6) is -0.229. The smallest absolute Gasteiger partial charge is 0.242 e. The van der Waals surface area contributed by atoms with E-state index in [-0.39, 0.29) is 24.4 Å². The molecule has 1 aromatic carbocycles. The molecule has 0 bridgehead atoms. The minimum absolute atomic E-state index is 0.0766. The van der Waals surface area contributed by atoms with E-state index >= 15 is 0 Å². The summed E-state index contributed by atoms with van der Waals surface area (Å²) >= 11 is 0. The average Bonchev–Trinajstić information content (AvgIpc) is 3.07. The van der Waals surface area contributed by atoms with Gasteiger partial charge in [-0.15, -0.1) is 0 Å². The van der Waals surface area contributed by atoms with Crippen molar-refractivity contribution in [2.45, 2.75) is 19.9 Å². The van der Waals surface area contributed by atoms with Gasteiger partial charge in [0, 0.05) is 21.0 Å². The van der Waals surface area contributed by atoms with Crippen molar-refractivity contribution in [1.82, 2.24) is 24.6 Å². The van der Waals surface area contributed by atoms with Crippen molar-refractivity contribution >= 4 is 11.8 Å². The van der Waals surface area contributed by atoms with Gasteiger partial charge in [0.1, 0.15) is 12.7 Å². The van der Waals surface area contributed by atoms with E-state index in [9.17, 15) is 9.59 Å².